The van der Waals surface area contributed by atoms with Gasteiger partial charge in [-0.15, -0.1) is 0 Å². The molecule has 0 amide bonds. The molecule has 1 aromatic heterocycles. The quantitative estimate of drug-likeness (QED) is 0.165. The Labute approximate surface area is 225 Å². The third kappa shape index (κ3) is 4.07. The van der Waals surface area contributed by atoms with Crippen molar-refractivity contribution in [3.63, 3.8) is 0 Å². The minimum Gasteiger partial charge on any atom is -0.497 e. The Morgan fingerprint density at radius 1 is 0.744 bits per heavy atom. The Kier molecular flexibility index (Phi) is 6.00. The molecule has 6 nitrogen and oxygen atoms in total. The van der Waals surface area contributed by atoms with E-state index in [0.717, 1.165) is 61.2 Å². The van der Waals surface area contributed by atoms with Crippen LogP contribution in [-0.2, 0) is 0 Å². The molecular weight excluding hydrogens is 488 g/mol. The molecular formula is C33H26N2O4. The van der Waals surface area contributed by atoms with Crippen molar-refractivity contribution < 1.29 is 14.4 Å². The number of nitro groups is 1. The summed E-state index contributed by atoms with van der Waals surface area (Å²) in [4.78, 5) is 11.3. The van der Waals surface area contributed by atoms with E-state index in [-0.39, 0.29) is 10.6 Å². The highest BCUT2D eigenvalue weighted by molar-refractivity contribution is 6.10. The lowest BCUT2D eigenvalue weighted by Gasteiger charge is -2.16. The number of hydrogen-bond donors (Lipinski definition) is 0. The van der Waals surface area contributed by atoms with Crippen molar-refractivity contribution in [3.8, 4) is 39.6 Å². The summed E-state index contributed by atoms with van der Waals surface area (Å²) in [5.41, 5.74) is 6.60. The van der Waals surface area contributed by atoms with Crippen molar-refractivity contribution in [3.05, 3.63) is 119 Å². The third-order valence-electron chi connectivity index (χ3n) is 7.23. The largest absolute Gasteiger partial charge is 0.497 e. The second-order valence-corrected chi connectivity index (χ2v) is 9.43. The highest BCUT2D eigenvalue weighted by Gasteiger charge is 2.24. The van der Waals surface area contributed by atoms with Crippen molar-refractivity contribution in [2.24, 2.45) is 0 Å². The van der Waals surface area contributed by atoms with E-state index in [4.69, 9.17) is 9.47 Å². The van der Waals surface area contributed by atoms with Gasteiger partial charge in [0.05, 0.1) is 30.4 Å². The zero-order valence-electron chi connectivity index (χ0n) is 21.8. The fourth-order valence-electron chi connectivity index (χ4n) is 5.39. The lowest BCUT2D eigenvalue weighted by atomic mass is 9.94. The van der Waals surface area contributed by atoms with Gasteiger partial charge in [0.25, 0.3) is 5.69 Å². The van der Waals surface area contributed by atoms with Gasteiger partial charge in [-0.05, 0) is 77.9 Å². The number of hydrogen-bond acceptors (Lipinski definition) is 4. The highest BCUT2D eigenvalue weighted by atomic mass is 16.6. The second-order valence-electron chi connectivity index (χ2n) is 9.43. The van der Waals surface area contributed by atoms with Gasteiger partial charge < -0.3 is 14.0 Å². The van der Waals surface area contributed by atoms with Gasteiger partial charge >= 0.3 is 0 Å². The summed E-state index contributed by atoms with van der Waals surface area (Å²) in [6.07, 6.45) is 0. The second kappa shape index (κ2) is 9.65. The molecule has 39 heavy (non-hydrogen) atoms. The number of benzene rings is 5. The fraction of sp³-hybridized carbons (Fsp3) is 0.0909. The maximum Gasteiger partial charge on any atom is 0.272 e. The molecule has 5 aromatic carbocycles. The lowest BCUT2D eigenvalue weighted by molar-refractivity contribution is -0.385. The van der Waals surface area contributed by atoms with Crippen LogP contribution in [-0.4, -0.2) is 23.7 Å². The Morgan fingerprint density at radius 3 is 2.18 bits per heavy atom. The van der Waals surface area contributed by atoms with Crippen molar-refractivity contribution in [1.82, 2.24) is 4.57 Å². The summed E-state index contributed by atoms with van der Waals surface area (Å²) >= 11 is 0. The number of methoxy groups -OCH3 is 2. The molecule has 0 saturated heterocycles. The van der Waals surface area contributed by atoms with E-state index < -0.39 is 0 Å². The maximum atomic E-state index is 11.6. The van der Waals surface area contributed by atoms with Crippen LogP contribution < -0.4 is 9.47 Å². The van der Waals surface area contributed by atoms with Crippen molar-refractivity contribution in [2.45, 2.75) is 6.92 Å². The Bertz CT molecular complexity index is 1860. The molecule has 0 fully saturated rings. The van der Waals surface area contributed by atoms with Gasteiger partial charge in [0.1, 0.15) is 11.5 Å². The van der Waals surface area contributed by atoms with Gasteiger partial charge in [0.15, 0.2) is 0 Å². The van der Waals surface area contributed by atoms with Crippen LogP contribution in [0.3, 0.4) is 0 Å². The number of aromatic nitrogens is 1. The molecule has 0 aliphatic rings. The first-order valence-corrected chi connectivity index (χ1v) is 12.6. The van der Waals surface area contributed by atoms with Crippen LogP contribution in [0, 0.1) is 17.0 Å². The monoisotopic (exact) mass is 514 g/mol. The molecule has 1 heterocycles. The van der Waals surface area contributed by atoms with Crippen LogP contribution in [0.4, 0.5) is 5.69 Å². The van der Waals surface area contributed by atoms with Gasteiger partial charge in [-0.1, -0.05) is 42.5 Å². The average Bonchev–Trinajstić information content (AvgIpc) is 3.30. The van der Waals surface area contributed by atoms with Crippen molar-refractivity contribution >= 4 is 27.4 Å². The number of nitrogens with zero attached hydrogens (tertiary/aromatic N) is 2. The van der Waals surface area contributed by atoms with Crippen LogP contribution >= 0.6 is 0 Å². The van der Waals surface area contributed by atoms with Gasteiger partial charge in [0, 0.05) is 33.8 Å². The standard InChI is InChI=1S/C33H26N2O4/c1-21-19-23(11-17-30(21)35(36)37)32-29-20-26(39-3)16-18-31(29)34(24-12-14-25(38-2)15-13-24)33(32)28-10-6-8-22-7-4-5-9-27(22)28/h4-20H,1-3H3. The van der Waals surface area contributed by atoms with Gasteiger partial charge in [-0.25, -0.2) is 0 Å². The first kappa shape index (κ1) is 24.2. The summed E-state index contributed by atoms with van der Waals surface area (Å²) in [5, 5.41) is 14.8. The lowest BCUT2D eigenvalue weighted by Crippen LogP contribution is -1.99. The van der Waals surface area contributed by atoms with Crippen molar-refractivity contribution in [2.75, 3.05) is 14.2 Å². The molecule has 6 aromatic rings. The molecule has 0 saturated carbocycles. The summed E-state index contributed by atoms with van der Waals surface area (Å²) in [7, 11) is 3.31. The Morgan fingerprint density at radius 2 is 1.46 bits per heavy atom. The minimum absolute atomic E-state index is 0.0990. The smallest absolute Gasteiger partial charge is 0.272 e. The molecule has 0 bridgehead atoms. The molecule has 0 unspecified atom stereocenters. The van der Waals surface area contributed by atoms with E-state index in [2.05, 4.69) is 41.0 Å². The zero-order valence-corrected chi connectivity index (χ0v) is 21.8. The Hall–Kier alpha value is -5.10. The molecule has 0 N–H and O–H groups in total. The first-order valence-electron chi connectivity index (χ1n) is 12.6. The summed E-state index contributed by atoms with van der Waals surface area (Å²) in [6.45, 7) is 1.78. The van der Waals surface area contributed by atoms with Crippen LogP contribution in [0.1, 0.15) is 5.56 Å². The summed E-state index contributed by atoms with van der Waals surface area (Å²) in [5.74, 6) is 1.51. The van der Waals surface area contributed by atoms with Crippen LogP contribution in [0.25, 0.3) is 49.7 Å². The highest BCUT2D eigenvalue weighted by Crippen LogP contribution is 2.46. The van der Waals surface area contributed by atoms with Gasteiger partial charge in [-0.3, -0.25) is 10.1 Å². The summed E-state index contributed by atoms with van der Waals surface area (Å²) < 4.78 is 13.3. The van der Waals surface area contributed by atoms with E-state index in [0.29, 0.717) is 5.56 Å². The van der Waals surface area contributed by atoms with E-state index >= 15 is 0 Å². The van der Waals surface area contributed by atoms with Crippen LogP contribution in [0.15, 0.2) is 103 Å². The number of fused-ring (bicyclic) bond motifs is 2. The predicted molar refractivity (Wildman–Crippen MR) is 156 cm³/mol. The third-order valence-corrected chi connectivity index (χ3v) is 7.23. The van der Waals surface area contributed by atoms with Crippen LogP contribution in [0.2, 0.25) is 0 Å². The van der Waals surface area contributed by atoms with E-state index in [1.54, 1.807) is 27.2 Å². The number of aryl methyl sites for hydroxylation is 1. The molecule has 192 valence electrons. The molecule has 0 spiro atoms. The molecule has 0 radical (unpaired) electrons. The topological polar surface area (TPSA) is 66.5 Å². The average molecular weight is 515 g/mol. The fourth-order valence-corrected chi connectivity index (χ4v) is 5.39. The predicted octanol–water partition coefficient (Wildman–Crippen LogP) is 8.35. The number of ether oxygens (including phenoxy) is 2. The molecule has 6 rings (SSSR count). The van der Waals surface area contributed by atoms with E-state index in [1.807, 2.05) is 60.7 Å². The van der Waals surface area contributed by atoms with E-state index in [9.17, 15) is 10.1 Å². The first-order chi connectivity index (χ1) is 19.0. The van der Waals surface area contributed by atoms with Crippen LogP contribution in [0.5, 0.6) is 11.5 Å². The zero-order chi connectivity index (χ0) is 27.1. The molecule has 0 aliphatic heterocycles. The number of nitro benzene ring substituents is 1. The molecule has 0 atom stereocenters. The minimum atomic E-state index is -0.339. The van der Waals surface area contributed by atoms with Gasteiger partial charge in [0.2, 0.25) is 0 Å². The molecule has 0 aliphatic carbocycles. The SMILES string of the molecule is COc1ccc(-n2c(-c3cccc4ccccc34)c(-c3ccc([N+](=O)[O-])c(C)c3)c3cc(OC)ccc32)cc1. The maximum absolute atomic E-state index is 11.6. The van der Waals surface area contributed by atoms with Crippen molar-refractivity contribution in [1.29, 1.82) is 0 Å². The normalized spacial score (nSPS) is 11.2. The van der Waals surface area contributed by atoms with E-state index in [1.165, 1.54) is 0 Å². The Balaban J connectivity index is 1.79. The number of rotatable bonds is 6. The molecule has 6 heteroatoms. The summed E-state index contributed by atoms with van der Waals surface area (Å²) in [6, 6.07) is 34.0. The van der Waals surface area contributed by atoms with Gasteiger partial charge in [-0.2, -0.15) is 0 Å².